The summed E-state index contributed by atoms with van der Waals surface area (Å²) in [7, 11) is 0. The van der Waals surface area contributed by atoms with Gasteiger partial charge in [0.1, 0.15) is 6.23 Å². The second-order valence-electron chi connectivity index (χ2n) is 8.90. The molecular formula is C22H38ClN3O2. The van der Waals surface area contributed by atoms with E-state index in [1.807, 2.05) is 26.8 Å². The molecule has 2 atom stereocenters. The standard InChI is InChI=1S/C22H38ClN3O2/c1-5-18(22(3,4)21(24)28)19(23)15-16(2)25-11-13-26(14-12-25)20(27)17-9-7-6-8-10-17/h15,17-18,20,27H,2,5-14H2,1,3-4H3,(H2,24,28)/b19-15+. The molecule has 0 radical (unpaired) electrons. The molecule has 2 rings (SSSR count). The van der Waals surface area contributed by atoms with Crippen LogP contribution in [-0.2, 0) is 4.79 Å². The number of hydrogen-bond donors (Lipinski definition) is 2. The molecule has 2 aliphatic rings. The minimum atomic E-state index is -0.703. The Morgan fingerprint density at radius 1 is 1.25 bits per heavy atom. The maximum atomic E-state index is 11.8. The van der Waals surface area contributed by atoms with Crippen molar-refractivity contribution in [2.75, 3.05) is 26.2 Å². The van der Waals surface area contributed by atoms with Crippen LogP contribution in [0.4, 0.5) is 0 Å². The van der Waals surface area contributed by atoms with Crippen molar-refractivity contribution < 1.29 is 9.90 Å². The van der Waals surface area contributed by atoms with Crippen LogP contribution in [0.3, 0.4) is 0 Å². The largest absolute Gasteiger partial charge is 0.378 e. The van der Waals surface area contributed by atoms with Gasteiger partial charge in [-0.05, 0) is 31.3 Å². The summed E-state index contributed by atoms with van der Waals surface area (Å²) in [6.07, 6.45) is 8.35. The number of carbonyl (C=O) groups excluding carboxylic acids is 1. The first-order valence-electron chi connectivity index (χ1n) is 10.7. The Morgan fingerprint density at radius 3 is 2.32 bits per heavy atom. The lowest BCUT2D eigenvalue weighted by Crippen LogP contribution is -2.52. The maximum Gasteiger partial charge on any atom is 0.223 e. The van der Waals surface area contributed by atoms with Crippen molar-refractivity contribution in [2.45, 2.75) is 65.5 Å². The fourth-order valence-electron chi connectivity index (χ4n) is 4.58. The number of allylic oxidation sites excluding steroid dienone is 2. The predicted octanol–water partition coefficient (Wildman–Crippen LogP) is 3.68. The van der Waals surface area contributed by atoms with Crippen molar-refractivity contribution in [3.05, 3.63) is 23.4 Å². The molecule has 0 spiro atoms. The van der Waals surface area contributed by atoms with E-state index in [-0.39, 0.29) is 18.1 Å². The highest BCUT2D eigenvalue weighted by molar-refractivity contribution is 6.30. The molecule has 1 amide bonds. The van der Waals surface area contributed by atoms with Gasteiger partial charge in [-0.25, -0.2) is 0 Å². The molecule has 0 aromatic rings. The number of carbonyl (C=O) groups is 1. The zero-order valence-corrected chi connectivity index (χ0v) is 18.5. The van der Waals surface area contributed by atoms with Crippen LogP contribution in [0, 0.1) is 17.3 Å². The van der Waals surface area contributed by atoms with Gasteiger partial charge in [-0.2, -0.15) is 0 Å². The van der Waals surface area contributed by atoms with Gasteiger partial charge in [0, 0.05) is 42.8 Å². The van der Waals surface area contributed by atoms with Crippen molar-refractivity contribution in [3.8, 4) is 0 Å². The summed E-state index contributed by atoms with van der Waals surface area (Å²) in [4.78, 5) is 16.2. The van der Waals surface area contributed by atoms with E-state index in [0.717, 1.165) is 51.1 Å². The van der Waals surface area contributed by atoms with Gasteiger partial charge in [-0.3, -0.25) is 9.69 Å². The first kappa shape index (κ1) is 23.2. The zero-order valence-electron chi connectivity index (χ0n) is 17.8. The number of halogens is 1. The first-order valence-corrected chi connectivity index (χ1v) is 11.1. The summed E-state index contributed by atoms with van der Waals surface area (Å²) in [5, 5.41) is 11.3. The van der Waals surface area contributed by atoms with E-state index in [1.165, 1.54) is 19.3 Å². The SMILES string of the molecule is C=C(/C=C(/Cl)C(CC)C(C)(C)C(N)=O)N1CCN(C(O)C2CCCCC2)CC1. The highest BCUT2D eigenvalue weighted by Crippen LogP contribution is 2.37. The number of nitrogens with two attached hydrogens (primary N) is 1. The summed E-state index contributed by atoms with van der Waals surface area (Å²) in [5.74, 6) is -0.0566. The topological polar surface area (TPSA) is 69.8 Å². The van der Waals surface area contributed by atoms with E-state index in [4.69, 9.17) is 17.3 Å². The third-order valence-corrected chi connectivity index (χ3v) is 7.09. The van der Waals surface area contributed by atoms with Crippen molar-refractivity contribution in [1.29, 1.82) is 0 Å². The number of piperazine rings is 1. The number of nitrogens with zero attached hydrogens (tertiary/aromatic N) is 2. The van der Waals surface area contributed by atoms with E-state index in [2.05, 4.69) is 16.4 Å². The molecule has 1 aliphatic heterocycles. The molecule has 2 fully saturated rings. The second-order valence-corrected chi connectivity index (χ2v) is 9.34. The Bertz CT molecular complexity index is 576. The van der Waals surface area contributed by atoms with Crippen molar-refractivity contribution >= 4 is 17.5 Å². The normalized spacial score (nSPS) is 22.8. The van der Waals surface area contributed by atoms with Crippen molar-refractivity contribution in [2.24, 2.45) is 23.0 Å². The fraction of sp³-hybridized carbons (Fsp3) is 0.773. The van der Waals surface area contributed by atoms with E-state index in [9.17, 15) is 9.90 Å². The molecule has 0 aromatic heterocycles. The number of rotatable bonds is 8. The second kappa shape index (κ2) is 10.1. The van der Waals surface area contributed by atoms with Crippen LogP contribution in [0.5, 0.6) is 0 Å². The van der Waals surface area contributed by atoms with Gasteiger partial charge >= 0.3 is 0 Å². The fourth-order valence-corrected chi connectivity index (χ4v) is 5.13. The van der Waals surface area contributed by atoms with Crippen LogP contribution in [0.2, 0.25) is 0 Å². The van der Waals surface area contributed by atoms with Gasteiger partial charge in [0.05, 0.1) is 5.41 Å². The number of amides is 1. The average Bonchev–Trinajstić information content (AvgIpc) is 2.68. The van der Waals surface area contributed by atoms with E-state index >= 15 is 0 Å². The van der Waals surface area contributed by atoms with Crippen LogP contribution in [0.1, 0.15) is 59.3 Å². The summed E-state index contributed by atoms with van der Waals surface area (Å²) < 4.78 is 0. The van der Waals surface area contributed by atoms with Gasteiger partial charge in [-0.15, -0.1) is 0 Å². The lowest BCUT2D eigenvalue weighted by Gasteiger charge is -2.41. The first-order chi connectivity index (χ1) is 13.2. The molecular weight excluding hydrogens is 374 g/mol. The molecule has 0 bridgehead atoms. The van der Waals surface area contributed by atoms with E-state index < -0.39 is 5.41 Å². The number of primary amides is 1. The van der Waals surface area contributed by atoms with Crippen LogP contribution >= 0.6 is 11.6 Å². The smallest absolute Gasteiger partial charge is 0.223 e. The Kier molecular flexibility index (Phi) is 8.41. The van der Waals surface area contributed by atoms with Crippen molar-refractivity contribution in [1.82, 2.24) is 9.80 Å². The maximum absolute atomic E-state index is 11.8. The molecule has 1 heterocycles. The van der Waals surface area contributed by atoms with Gasteiger partial charge in [0.15, 0.2) is 0 Å². The number of aliphatic hydroxyl groups excluding tert-OH is 1. The molecule has 1 saturated heterocycles. The van der Waals surface area contributed by atoms with E-state index in [0.29, 0.717) is 11.0 Å². The molecule has 6 heteroatoms. The molecule has 5 nitrogen and oxygen atoms in total. The molecule has 160 valence electrons. The predicted molar refractivity (Wildman–Crippen MR) is 116 cm³/mol. The highest BCUT2D eigenvalue weighted by atomic mass is 35.5. The summed E-state index contributed by atoms with van der Waals surface area (Å²) in [6, 6.07) is 0. The van der Waals surface area contributed by atoms with Crippen LogP contribution in [0.15, 0.2) is 23.4 Å². The summed E-state index contributed by atoms with van der Waals surface area (Å²) in [6.45, 7) is 13.2. The summed E-state index contributed by atoms with van der Waals surface area (Å²) >= 11 is 6.59. The molecule has 1 aliphatic carbocycles. The average molecular weight is 412 g/mol. The Morgan fingerprint density at radius 2 is 1.82 bits per heavy atom. The van der Waals surface area contributed by atoms with Gasteiger partial charge < -0.3 is 15.7 Å². The van der Waals surface area contributed by atoms with Crippen molar-refractivity contribution in [3.63, 3.8) is 0 Å². The molecule has 3 N–H and O–H groups in total. The zero-order chi connectivity index (χ0) is 20.9. The van der Waals surface area contributed by atoms with Crippen LogP contribution < -0.4 is 5.73 Å². The third kappa shape index (κ3) is 5.52. The minimum Gasteiger partial charge on any atom is -0.378 e. The molecule has 2 unspecified atom stereocenters. The quantitative estimate of drug-likeness (QED) is 0.598. The van der Waals surface area contributed by atoms with E-state index in [1.54, 1.807) is 0 Å². The molecule has 1 saturated carbocycles. The lowest BCUT2D eigenvalue weighted by molar-refractivity contribution is -0.127. The number of hydrogen-bond acceptors (Lipinski definition) is 4. The van der Waals surface area contributed by atoms with Gasteiger partial charge in [0.2, 0.25) is 5.91 Å². The van der Waals surface area contributed by atoms with Gasteiger partial charge in [-0.1, -0.05) is 58.2 Å². The minimum absolute atomic E-state index is 0.127. The summed E-state index contributed by atoms with van der Waals surface area (Å²) in [5.41, 5.74) is 5.73. The highest BCUT2D eigenvalue weighted by Gasteiger charge is 2.36. The molecule has 28 heavy (non-hydrogen) atoms. The lowest BCUT2D eigenvalue weighted by atomic mass is 9.76. The monoisotopic (exact) mass is 411 g/mol. The molecule has 0 aromatic carbocycles. The van der Waals surface area contributed by atoms with Crippen LogP contribution in [0.25, 0.3) is 0 Å². The van der Waals surface area contributed by atoms with Gasteiger partial charge in [0.25, 0.3) is 0 Å². The number of aliphatic hydroxyl groups is 1. The Hall–Kier alpha value is -1.04. The third-order valence-electron chi connectivity index (χ3n) is 6.72. The van der Waals surface area contributed by atoms with Crippen LogP contribution in [-0.4, -0.2) is 53.2 Å². The Balaban J connectivity index is 1.93. The Labute approximate surface area is 175 Å².